The molecule has 0 unspecified atom stereocenters. The number of aliphatic hydroxyl groups is 1. The summed E-state index contributed by atoms with van der Waals surface area (Å²) >= 11 is 0. The molecule has 0 aliphatic carbocycles. The maximum Gasteiger partial charge on any atom is 0.267 e. The standard InChI is InChI=1S/C13H16N4O2/c1-17(6-7-18)9-10(8-14)13(19)16-12-4-2-11(15)3-5-12/h2-5,9,18H,6-7,15H2,1H3,(H,16,19)/b10-9-. The van der Waals surface area contributed by atoms with Gasteiger partial charge in [0.25, 0.3) is 5.91 Å². The quantitative estimate of drug-likeness (QED) is 0.407. The van der Waals surface area contributed by atoms with E-state index in [0.29, 0.717) is 17.9 Å². The third-order valence-corrected chi connectivity index (χ3v) is 2.34. The van der Waals surface area contributed by atoms with Crippen molar-refractivity contribution in [1.82, 2.24) is 4.90 Å². The predicted molar refractivity (Wildman–Crippen MR) is 72.9 cm³/mol. The third kappa shape index (κ3) is 4.69. The molecule has 0 aromatic heterocycles. The first kappa shape index (κ1) is 14.5. The van der Waals surface area contributed by atoms with E-state index < -0.39 is 5.91 Å². The number of nitrogens with one attached hydrogen (secondary N) is 1. The summed E-state index contributed by atoms with van der Waals surface area (Å²) < 4.78 is 0. The van der Waals surface area contributed by atoms with Crippen LogP contribution in [0.25, 0.3) is 0 Å². The predicted octanol–water partition coefficient (Wildman–Crippen LogP) is 0.539. The topological polar surface area (TPSA) is 102 Å². The Hall–Kier alpha value is -2.52. The van der Waals surface area contributed by atoms with E-state index >= 15 is 0 Å². The summed E-state index contributed by atoms with van der Waals surface area (Å²) in [5.41, 5.74) is 6.66. The zero-order valence-corrected chi connectivity index (χ0v) is 10.6. The van der Waals surface area contributed by atoms with Gasteiger partial charge in [0.05, 0.1) is 6.61 Å². The molecule has 0 spiro atoms. The third-order valence-electron chi connectivity index (χ3n) is 2.34. The highest BCUT2D eigenvalue weighted by Crippen LogP contribution is 2.11. The van der Waals surface area contributed by atoms with E-state index in [1.165, 1.54) is 6.20 Å². The number of rotatable bonds is 5. The highest BCUT2D eigenvalue weighted by Gasteiger charge is 2.10. The van der Waals surface area contributed by atoms with E-state index in [4.69, 9.17) is 16.1 Å². The normalized spacial score (nSPS) is 10.7. The lowest BCUT2D eigenvalue weighted by Gasteiger charge is -2.12. The van der Waals surface area contributed by atoms with Gasteiger partial charge in [-0.05, 0) is 24.3 Å². The SMILES string of the molecule is CN(/C=C(/C#N)C(=O)Nc1ccc(N)cc1)CCO. The fourth-order valence-electron chi connectivity index (χ4n) is 1.35. The smallest absolute Gasteiger partial charge is 0.267 e. The number of hydrogen-bond acceptors (Lipinski definition) is 5. The second-order valence-corrected chi connectivity index (χ2v) is 3.93. The molecule has 0 atom stereocenters. The Bertz CT molecular complexity index is 502. The second-order valence-electron chi connectivity index (χ2n) is 3.93. The number of anilines is 2. The fraction of sp³-hybridized carbons (Fsp3) is 0.231. The molecule has 0 saturated heterocycles. The Kier molecular flexibility index (Phi) is 5.38. The lowest BCUT2D eigenvalue weighted by Crippen LogP contribution is -2.20. The minimum absolute atomic E-state index is 0.0345. The molecule has 1 aromatic carbocycles. The highest BCUT2D eigenvalue weighted by molar-refractivity contribution is 6.06. The summed E-state index contributed by atoms with van der Waals surface area (Å²) in [4.78, 5) is 13.4. The molecule has 0 radical (unpaired) electrons. The van der Waals surface area contributed by atoms with E-state index in [-0.39, 0.29) is 12.2 Å². The molecule has 0 bridgehead atoms. The first-order valence-corrected chi connectivity index (χ1v) is 5.66. The number of nitriles is 1. The minimum atomic E-state index is -0.503. The van der Waals surface area contributed by atoms with Gasteiger partial charge in [-0.2, -0.15) is 5.26 Å². The number of carbonyl (C=O) groups is 1. The van der Waals surface area contributed by atoms with Gasteiger partial charge in [0.2, 0.25) is 0 Å². The van der Waals surface area contributed by atoms with E-state index in [9.17, 15) is 4.79 Å². The summed E-state index contributed by atoms with van der Waals surface area (Å²) in [5, 5.41) is 20.3. The molecule has 6 nitrogen and oxygen atoms in total. The molecule has 1 aromatic rings. The number of nitrogens with zero attached hydrogens (tertiary/aromatic N) is 2. The van der Waals surface area contributed by atoms with Crippen molar-refractivity contribution in [2.24, 2.45) is 0 Å². The molecule has 1 rings (SSSR count). The van der Waals surface area contributed by atoms with Crippen molar-refractivity contribution in [2.45, 2.75) is 0 Å². The van der Waals surface area contributed by atoms with Crippen molar-refractivity contribution in [2.75, 3.05) is 31.2 Å². The molecule has 1 amide bonds. The van der Waals surface area contributed by atoms with Crippen LogP contribution in [0.4, 0.5) is 11.4 Å². The molecule has 0 heterocycles. The molecule has 6 heteroatoms. The Labute approximate surface area is 111 Å². The van der Waals surface area contributed by atoms with Gasteiger partial charge in [-0.15, -0.1) is 0 Å². The zero-order valence-electron chi connectivity index (χ0n) is 10.6. The van der Waals surface area contributed by atoms with Crippen LogP contribution in [0.15, 0.2) is 36.0 Å². The van der Waals surface area contributed by atoms with Crippen molar-refractivity contribution in [1.29, 1.82) is 5.26 Å². The van der Waals surface area contributed by atoms with Gasteiger partial charge in [0, 0.05) is 31.2 Å². The van der Waals surface area contributed by atoms with Crippen molar-refractivity contribution in [3.05, 3.63) is 36.0 Å². The average Bonchev–Trinajstić information content (AvgIpc) is 2.39. The number of benzene rings is 1. The van der Waals surface area contributed by atoms with Crippen LogP contribution in [0.1, 0.15) is 0 Å². The van der Waals surface area contributed by atoms with Gasteiger partial charge < -0.3 is 21.1 Å². The molecular formula is C13H16N4O2. The number of nitrogen functional groups attached to an aromatic ring is 1. The van der Waals surface area contributed by atoms with Crippen molar-refractivity contribution < 1.29 is 9.90 Å². The average molecular weight is 260 g/mol. The lowest BCUT2D eigenvalue weighted by molar-refractivity contribution is -0.112. The minimum Gasteiger partial charge on any atom is -0.399 e. The number of likely N-dealkylation sites (N-methyl/N-ethyl adjacent to an activating group) is 1. The van der Waals surface area contributed by atoms with E-state index in [1.807, 2.05) is 6.07 Å². The zero-order chi connectivity index (χ0) is 14.3. The van der Waals surface area contributed by atoms with Crippen LogP contribution in [-0.2, 0) is 4.79 Å². The summed E-state index contributed by atoms with van der Waals surface area (Å²) in [7, 11) is 1.67. The van der Waals surface area contributed by atoms with E-state index in [0.717, 1.165) is 0 Å². The number of nitrogens with two attached hydrogens (primary N) is 1. The maximum absolute atomic E-state index is 11.8. The van der Waals surface area contributed by atoms with Crippen LogP contribution in [0.2, 0.25) is 0 Å². The summed E-state index contributed by atoms with van der Waals surface area (Å²) in [6.45, 7) is 0.297. The Morgan fingerprint density at radius 2 is 2.16 bits per heavy atom. The molecule has 0 fully saturated rings. The Morgan fingerprint density at radius 1 is 1.53 bits per heavy atom. The molecule has 0 aliphatic rings. The van der Waals surface area contributed by atoms with Gasteiger partial charge in [-0.1, -0.05) is 0 Å². The van der Waals surface area contributed by atoms with Crippen LogP contribution in [0.3, 0.4) is 0 Å². The fourth-order valence-corrected chi connectivity index (χ4v) is 1.35. The van der Waals surface area contributed by atoms with Gasteiger partial charge in [-0.25, -0.2) is 0 Å². The van der Waals surface area contributed by atoms with Gasteiger partial charge in [0.15, 0.2) is 0 Å². The van der Waals surface area contributed by atoms with Crippen molar-refractivity contribution in [3.63, 3.8) is 0 Å². The largest absolute Gasteiger partial charge is 0.399 e. The first-order chi connectivity index (χ1) is 9.06. The number of hydrogen-bond donors (Lipinski definition) is 3. The van der Waals surface area contributed by atoms with Crippen LogP contribution >= 0.6 is 0 Å². The maximum atomic E-state index is 11.8. The number of amides is 1. The molecular weight excluding hydrogens is 244 g/mol. The monoisotopic (exact) mass is 260 g/mol. The van der Waals surface area contributed by atoms with Crippen LogP contribution in [0.5, 0.6) is 0 Å². The molecule has 4 N–H and O–H groups in total. The first-order valence-electron chi connectivity index (χ1n) is 5.66. The van der Waals surface area contributed by atoms with E-state index in [2.05, 4.69) is 5.32 Å². The van der Waals surface area contributed by atoms with Gasteiger partial charge >= 0.3 is 0 Å². The molecule has 19 heavy (non-hydrogen) atoms. The van der Waals surface area contributed by atoms with Crippen LogP contribution in [-0.4, -0.2) is 36.1 Å². The van der Waals surface area contributed by atoms with Crippen LogP contribution < -0.4 is 11.1 Å². The van der Waals surface area contributed by atoms with Crippen molar-refractivity contribution in [3.8, 4) is 6.07 Å². The van der Waals surface area contributed by atoms with Gasteiger partial charge in [0.1, 0.15) is 11.6 Å². The molecule has 0 saturated carbocycles. The second kappa shape index (κ2) is 7.03. The van der Waals surface area contributed by atoms with Crippen LogP contribution in [0, 0.1) is 11.3 Å². The lowest BCUT2D eigenvalue weighted by atomic mass is 10.2. The molecule has 100 valence electrons. The number of carbonyl (C=O) groups excluding carboxylic acids is 1. The Balaban J connectivity index is 2.75. The summed E-state index contributed by atoms with van der Waals surface area (Å²) in [5.74, 6) is -0.503. The number of aliphatic hydroxyl groups excluding tert-OH is 1. The van der Waals surface area contributed by atoms with E-state index in [1.54, 1.807) is 36.2 Å². The Morgan fingerprint density at radius 3 is 2.68 bits per heavy atom. The summed E-state index contributed by atoms with van der Waals surface area (Å²) in [6, 6.07) is 8.44. The molecule has 0 aliphatic heterocycles. The highest BCUT2D eigenvalue weighted by atomic mass is 16.3. The summed E-state index contributed by atoms with van der Waals surface area (Å²) in [6.07, 6.45) is 1.39. The van der Waals surface area contributed by atoms with Gasteiger partial charge in [-0.3, -0.25) is 4.79 Å². The van der Waals surface area contributed by atoms with Crippen molar-refractivity contribution >= 4 is 17.3 Å².